The molecule has 5 nitrogen and oxygen atoms in total. The summed E-state index contributed by atoms with van der Waals surface area (Å²) in [5, 5.41) is 8.99. The molecule has 3 aliphatic carbocycles. The number of ketones is 3. The van der Waals surface area contributed by atoms with Crippen LogP contribution in [0.1, 0.15) is 81.4 Å². The number of thiophene rings is 3. The van der Waals surface area contributed by atoms with Gasteiger partial charge in [0.05, 0.1) is 13.2 Å². The first-order valence-corrected chi connectivity index (χ1v) is 29.8. The molecule has 1 aliphatic heterocycles. The van der Waals surface area contributed by atoms with E-state index in [0.29, 0.717) is 55.2 Å². The van der Waals surface area contributed by atoms with Crippen molar-refractivity contribution in [3.05, 3.63) is 243 Å². The summed E-state index contributed by atoms with van der Waals surface area (Å²) in [5.74, 6) is -5.06. The molecule has 18 heteroatoms. The normalized spacial score (nSPS) is 13.4. The molecule has 3 aromatic heterocycles. The fourth-order valence-corrected chi connectivity index (χ4v) is 13.4. The third-order valence-corrected chi connectivity index (χ3v) is 17.9. The fourth-order valence-electron chi connectivity index (χ4n) is 11.2. The molecule has 4 aliphatic rings. The molecule has 1 saturated heterocycles. The largest absolute Gasteiger partial charge is 0.450 e. The SMILES string of the molecule is C1COCCN1.O=C(Cc1c(Cc2cccs2)ccc2c1Cc1ccccc1-2)C(F)(F)F.O=C(Cc1c(Cc2cccs2)ccc2c1Cc1ccccc1-2)C(F)(F)F.O=C(Cc1c(Cc2cccs2)ccc2c1Cc1ccccc1-2)C(F)(F)F.[Re]. The second-order valence-corrected chi connectivity index (χ2v) is 23.7. The number of benzene rings is 6. The molecule has 0 spiro atoms. The van der Waals surface area contributed by atoms with Crippen LogP contribution in [0.2, 0.25) is 0 Å². The molecule has 0 unspecified atom stereocenters. The van der Waals surface area contributed by atoms with Gasteiger partial charge in [-0.3, -0.25) is 14.4 Å². The zero-order valence-corrected chi connectivity index (χ0v) is 50.6. The van der Waals surface area contributed by atoms with Crippen LogP contribution in [0.3, 0.4) is 0 Å². The maximum Gasteiger partial charge on any atom is 0.450 e. The van der Waals surface area contributed by atoms with Crippen molar-refractivity contribution >= 4 is 51.4 Å². The van der Waals surface area contributed by atoms with Crippen molar-refractivity contribution in [2.24, 2.45) is 0 Å². The summed E-state index contributed by atoms with van der Waals surface area (Å²) in [6, 6.07) is 46.7. The molecular formula is C67H54F9NO4ReS3. The maximum absolute atomic E-state index is 12.9. The van der Waals surface area contributed by atoms with Crippen LogP contribution in [-0.4, -0.2) is 62.2 Å². The van der Waals surface area contributed by atoms with Crippen LogP contribution in [0.15, 0.2) is 162 Å². The minimum absolute atomic E-state index is 0. The minimum atomic E-state index is -4.81. The second-order valence-electron chi connectivity index (χ2n) is 20.6. The Hall–Kier alpha value is -6.62. The number of ether oxygens (including phenoxy) is 1. The van der Waals surface area contributed by atoms with Gasteiger partial charge in [-0.2, -0.15) is 39.5 Å². The minimum Gasteiger partial charge on any atom is -0.379 e. The molecule has 0 atom stereocenters. The number of nitrogens with one attached hydrogen (secondary N) is 1. The van der Waals surface area contributed by atoms with E-state index in [-0.39, 0.29) is 20.4 Å². The van der Waals surface area contributed by atoms with E-state index in [9.17, 15) is 53.9 Å². The number of morpholine rings is 1. The number of fused-ring (bicyclic) bond motifs is 9. The predicted octanol–water partition coefficient (Wildman–Crippen LogP) is 16.4. The molecule has 85 heavy (non-hydrogen) atoms. The number of alkyl halides is 9. The van der Waals surface area contributed by atoms with Crippen molar-refractivity contribution in [3.8, 4) is 33.4 Å². The summed E-state index contributed by atoms with van der Waals surface area (Å²) in [7, 11) is 0. The number of hydrogen-bond acceptors (Lipinski definition) is 8. The monoisotopic (exact) mass is 1390 g/mol. The van der Waals surface area contributed by atoms with Crippen LogP contribution >= 0.6 is 34.0 Å². The first-order valence-electron chi connectivity index (χ1n) is 27.1. The number of Topliss-reactive ketones (excluding diaryl/α,β-unsaturated/α-hetero) is 3. The van der Waals surface area contributed by atoms with Crippen molar-refractivity contribution in [3.63, 3.8) is 0 Å². The van der Waals surface area contributed by atoms with Gasteiger partial charge in [-0.05, 0) is 154 Å². The molecule has 1 radical (unpaired) electrons. The van der Waals surface area contributed by atoms with E-state index in [1.807, 2.05) is 162 Å². The van der Waals surface area contributed by atoms with Gasteiger partial charge >= 0.3 is 18.5 Å². The standard InChI is InChI=1S/3C21H15F3OS.C4H9NO.Re/c3*22-21(23,24)20(25)12-18-14(10-15-5-3-9-26-15)7-8-17-16-6-2-1-4-13(16)11-19(17)18;1-3-6-4-2-5-1;/h3*1-9H,10-12H2;5H,1-4H2;. The Morgan fingerprint density at radius 3 is 0.918 bits per heavy atom. The quantitative estimate of drug-likeness (QED) is 0.123. The van der Waals surface area contributed by atoms with Crippen molar-refractivity contribution in [2.75, 3.05) is 26.3 Å². The number of carbonyl (C=O) groups excluding carboxylic acids is 3. The fraction of sp³-hybridized carbons (Fsp3) is 0.239. The number of hydrogen-bond donors (Lipinski definition) is 1. The Morgan fingerprint density at radius 1 is 0.388 bits per heavy atom. The van der Waals surface area contributed by atoms with E-state index in [2.05, 4.69) is 5.32 Å². The molecule has 1 fully saturated rings. The Bertz CT molecular complexity index is 3420. The average Bonchev–Trinajstić information content (AvgIpc) is 1.86. The number of halogens is 9. The Kier molecular flexibility index (Phi) is 20.3. The maximum atomic E-state index is 12.9. The number of carbonyl (C=O) groups is 3. The van der Waals surface area contributed by atoms with E-state index >= 15 is 0 Å². The van der Waals surface area contributed by atoms with Crippen molar-refractivity contribution in [1.82, 2.24) is 5.32 Å². The van der Waals surface area contributed by atoms with E-state index in [1.54, 1.807) is 34.0 Å². The molecule has 439 valence electrons. The van der Waals surface area contributed by atoms with E-state index < -0.39 is 55.1 Å². The predicted molar refractivity (Wildman–Crippen MR) is 313 cm³/mol. The Morgan fingerprint density at radius 2 is 0.682 bits per heavy atom. The Balaban J connectivity index is 0.000000144. The van der Waals surface area contributed by atoms with Crippen LogP contribution in [0.5, 0.6) is 0 Å². The van der Waals surface area contributed by atoms with Gasteiger partial charge in [-0.25, -0.2) is 0 Å². The molecule has 1 N–H and O–H groups in total. The summed E-state index contributed by atoms with van der Waals surface area (Å²) >= 11 is 4.69. The zero-order chi connectivity index (χ0) is 59.2. The molecular weight excluding hydrogens is 1340 g/mol. The molecule has 13 rings (SSSR count). The van der Waals surface area contributed by atoms with Gasteiger partial charge in [0.2, 0.25) is 17.3 Å². The summed E-state index contributed by atoms with van der Waals surface area (Å²) in [5.41, 5.74) is 15.9. The van der Waals surface area contributed by atoms with E-state index in [1.165, 1.54) is 0 Å². The van der Waals surface area contributed by atoms with Gasteiger partial charge in [-0.1, -0.05) is 127 Å². The topological polar surface area (TPSA) is 72.5 Å². The summed E-state index contributed by atoms with van der Waals surface area (Å²) in [6.07, 6.45) is -12.9. The number of rotatable bonds is 12. The van der Waals surface area contributed by atoms with E-state index in [4.69, 9.17) is 4.74 Å². The third-order valence-electron chi connectivity index (χ3n) is 15.3. The summed E-state index contributed by atoms with van der Waals surface area (Å²) < 4.78 is 121. The second kappa shape index (κ2) is 27.4. The van der Waals surface area contributed by atoms with Crippen LogP contribution in [-0.2, 0) is 97.3 Å². The van der Waals surface area contributed by atoms with Gasteiger partial charge in [0.15, 0.2) is 0 Å². The summed E-state index contributed by atoms with van der Waals surface area (Å²) in [4.78, 5) is 38.4. The van der Waals surface area contributed by atoms with Crippen LogP contribution in [0.25, 0.3) is 33.4 Å². The van der Waals surface area contributed by atoms with Gasteiger partial charge in [0, 0.05) is 86.7 Å². The molecule has 0 bridgehead atoms. The van der Waals surface area contributed by atoms with Crippen molar-refractivity contribution in [2.45, 2.75) is 76.3 Å². The summed E-state index contributed by atoms with van der Waals surface area (Å²) in [6.45, 7) is 3.83. The molecule has 9 aromatic rings. The molecule has 0 saturated carbocycles. The molecule has 6 aromatic carbocycles. The third kappa shape index (κ3) is 15.1. The van der Waals surface area contributed by atoms with Gasteiger partial charge in [-0.15, -0.1) is 34.0 Å². The van der Waals surface area contributed by atoms with Crippen LogP contribution < -0.4 is 5.32 Å². The first kappa shape index (κ1) is 62.9. The van der Waals surface area contributed by atoms with Crippen LogP contribution in [0, 0.1) is 0 Å². The first-order chi connectivity index (χ1) is 40.3. The molecule has 0 amide bonds. The van der Waals surface area contributed by atoms with Gasteiger partial charge < -0.3 is 10.1 Å². The zero-order valence-electron chi connectivity index (χ0n) is 45.4. The van der Waals surface area contributed by atoms with Gasteiger partial charge in [0.1, 0.15) is 0 Å². The van der Waals surface area contributed by atoms with Crippen molar-refractivity contribution < 1.29 is 79.1 Å². The van der Waals surface area contributed by atoms with Crippen LogP contribution in [0.4, 0.5) is 39.5 Å². The van der Waals surface area contributed by atoms with Crippen molar-refractivity contribution in [1.29, 1.82) is 0 Å². The smallest absolute Gasteiger partial charge is 0.379 e. The Labute approximate surface area is 511 Å². The molecule has 4 heterocycles. The van der Waals surface area contributed by atoms with Gasteiger partial charge in [0.25, 0.3) is 0 Å². The van der Waals surface area contributed by atoms with E-state index in [0.717, 1.165) is 124 Å². The average molecular weight is 1390 g/mol.